The molecule has 0 spiro atoms. The minimum absolute atomic E-state index is 0.257. The van der Waals surface area contributed by atoms with Crippen LogP contribution < -0.4 is 10.2 Å². The number of nitrogens with zero attached hydrogens (tertiary/aromatic N) is 2. The number of rotatable bonds is 7. The number of carbonyl (C=O) groups excluding carboxylic acids is 3. The maximum absolute atomic E-state index is 13.1. The molecule has 0 bridgehead atoms. The molecule has 0 radical (unpaired) electrons. The highest BCUT2D eigenvalue weighted by atomic mass is 32.1. The van der Waals surface area contributed by atoms with Gasteiger partial charge in [0.15, 0.2) is 11.7 Å². The van der Waals surface area contributed by atoms with Crippen molar-refractivity contribution in [2.45, 2.75) is 66.0 Å². The number of amides is 2. The molecule has 8 heteroatoms. The molecule has 1 atom stereocenters. The first-order valence-corrected chi connectivity index (χ1v) is 11.8. The van der Waals surface area contributed by atoms with Gasteiger partial charge < -0.3 is 10.1 Å². The van der Waals surface area contributed by atoms with Crippen molar-refractivity contribution >= 4 is 34.3 Å². The molecule has 1 aromatic carbocycles. The normalized spacial score (nSPS) is 14.2. The number of carbonyl (C=O) groups is 3. The Morgan fingerprint density at radius 2 is 1.84 bits per heavy atom. The van der Waals surface area contributed by atoms with Gasteiger partial charge in [0.25, 0.3) is 5.91 Å². The van der Waals surface area contributed by atoms with E-state index in [1.807, 2.05) is 30.3 Å². The van der Waals surface area contributed by atoms with Crippen molar-refractivity contribution in [3.8, 4) is 0 Å². The predicted octanol–water partition coefficient (Wildman–Crippen LogP) is 3.65. The quantitative estimate of drug-likeness (QED) is 0.641. The number of fused-ring (bicyclic) bond motifs is 1. The van der Waals surface area contributed by atoms with Crippen molar-refractivity contribution in [3.63, 3.8) is 0 Å². The molecule has 1 aromatic heterocycles. The number of benzene rings is 1. The van der Waals surface area contributed by atoms with Gasteiger partial charge in [-0.3, -0.25) is 14.5 Å². The topological polar surface area (TPSA) is 88.6 Å². The second-order valence-electron chi connectivity index (χ2n) is 9.09. The molecular weight excluding hydrogens is 426 g/mol. The van der Waals surface area contributed by atoms with Crippen LogP contribution in [0, 0.1) is 5.41 Å². The zero-order chi connectivity index (χ0) is 23.3. The maximum atomic E-state index is 13.1. The molecule has 7 nitrogen and oxygen atoms in total. The Kier molecular flexibility index (Phi) is 7.66. The Morgan fingerprint density at radius 1 is 1.16 bits per heavy atom. The van der Waals surface area contributed by atoms with E-state index in [0.717, 1.165) is 36.9 Å². The fraction of sp³-hybridized carbons (Fsp3) is 0.500. The molecule has 1 heterocycles. The van der Waals surface area contributed by atoms with E-state index in [4.69, 9.17) is 9.72 Å². The Balaban J connectivity index is 1.69. The number of hydrogen-bond donors (Lipinski definition) is 1. The van der Waals surface area contributed by atoms with Gasteiger partial charge in [-0.15, -0.1) is 11.3 Å². The average molecular weight is 458 g/mol. The molecule has 1 N–H and O–H groups in total. The molecular formula is C24H31N3O4S. The van der Waals surface area contributed by atoms with Gasteiger partial charge in [-0.2, -0.15) is 0 Å². The first-order valence-electron chi connectivity index (χ1n) is 11.0. The molecule has 0 saturated carbocycles. The Labute approximate surface area is 193 Å². The third kappa shape index (κ3) is 6.16. The third-order valence-electron chi connectivity index (χ3n) is 5.27. The summed E-state index contributed by atoms with van der Waals surface area (Å²) in [6.07, 6.45) is 4.16. The van der Waals surface area contributed by atoms with Gasteiger partial charge in [0.05, 0.1) is 12.2 Å². The van der Waals surface area contributed by atoms with Crippen molar-refractivity contribution in [2.24, 2.45) is 5.41 Å². The molecule has 1 aliphatic carbocycles. The van der Waals surface area contributed by atoms with Gasteiger partial charge in [-0.25, -0.2) is 9.78 Å². The highest BCUT2D eigenvalue weighted by Gasteiger charge is 2.28. The summed E-state index contributed by atoms with van der Waals surface area (Å²) in [7, 11) is 0. The number of aryl methyl sites for hydroxylation is 2. The van der Waals surface area contributed by atoms with Crippen LogP contribution in [0.5, 0.6) is 0 Å². The molecule has 172 valence electrons. The largest absolute Gasteiger partial charge is 0.454 e. The Morgan fingerprint density at radius 3 is 2.50 bits per heavy atom. The second-order valence-corrected chi connectivity index (χ2v) is 10.2. The summed E-state index contributed by atoms with van der Waals surface area (Å²) in [5, 5.41) is 3.26. The molecule has 3 rings (SSSR count). The number of ether oxygens (including phenoxy) is 1. The van der Waals surface area contributed by atoms with Crippen LogP contribution in [0.2, 0.25) is 0 Å². The van der Waals surface area contributed by atoms with Crippen LogP contribution in [0.3, 0.4) is 0 Å². The second kappa shape index (κ2) is 10.3. The summed E-state index contributed by atoms with van der Waals surface area (Å²) in [5.41, 5.74) is 1.41. The van der Waals surface area contributed by atoms with E-state index >= 15 is 0 Å². The molecule has 32 heavy (non-hydrogen) atoms. The van der Waals surface area contributed by atoms with Crippen molar-refractivity contribution in [1.29, 1.82) is 0 Å². The zero-order valence-electron chi connectivity index (χ0n) is 19.1. The average Bonchev–Trinajstić information content (AvgIpc) is 3.19. The number of hydrogen-bond acceptors (Lipinski definition) is 6. The SMILES string of the molecule is CC(NC(=O)C(C)(C)C)C(=O)OCC(=O)N(Cc1ccccc1)c1nc2c(s1)CCCC2. The van der Waals surface area contributed by atoms with E-state index in [9.17, 15) is 14.4 Å². The number of esters is 1. The first kappa shape index (κ1) is 23.9. The summed E-state index contributed by atoms with van der Waals surface area (Å²) >= 11 is 1.54. The number of thiazole rings is 1. The molecule has 1 aliphatic rings. The molecule has 2 aromatic rings. The van der Waals surface area contributed by atoms with Crippen LogP contribution in [0.1, 0.15) is 56.7 Å². The van der Waals surface area contributed by atoms with Crippen molar-refractivity contribution in [3.05, 3.63) is 46.5 Å². The van der Waals surface area contributed by atoms with Gasteiger partial charge in [0.2, 0.25) is 5.91 Å². The first-order chi connectivity index (χ1) is 15.1. The van der Waals surface area contributed by atoms with E-state index in [1.165, 1.54) is 16.2 Å². The van der Waals surface area contributed by atoms with Gasteiger partial charge in [0.1, 0.15) is 6.04 Å². The Bertz CT molecular complexity index is 942. The number of nitrogens with one attached hydrogen (secondary N) is 1. The van der Waals surface area contributed by atoms with Crippen LogP contribution in [-0.2, 0) is 38.5 Å². The number of aromatic nitrogens is 1. The molecule has 2 amide bonds. The summed E-state index contributed by atoms with van der Waals surface area (Å²) in [5.74, 6) is -1.25. The van der Waals surface area contributed by atoms with Crippen LogP contribution >= 0.6 is 11.3 Å². The van der Waals surface area contributed by atoms with Crippen molar-refractivity contribution < 1.29 is 19.1 Å². The van der Waals surface area contributed by atoms with E-state index in [-0.39, 0.29) is 11.8 Å². The van der Waals surface area contributed by atoms with Crippen molar-refractivity contribution in [1.82, 2.24) is 10.3 Å². The fourth-order valence-electron chi connectivity index (χ4n) is 3.29. The summed E-state index contributed by atoms with van der Waals surface area (Å²) in [6.45, 7) is 6.77. The maximum Gasteiger partial charge on any atom is 0.328 e. The highest BCUT2D eigenvalue weighted by Crippen LogP contribution is 2.32. The number of anilines is 1. The fourth-order valence-corrected chi connectivity index (χ4v) is 4.45. The minimum atomic E-state index is -0.843. The highest BCUT2D eigenvalue weighted by molar-refractivity contribution is 7.15. The van der Waals surface area contributed by atoms with Gasteiger partial charge in [-0.05, 0) is 38.2 Å². The van der Waals surface area contributed by atoms with Crippen LogP contribution in [-0.4, -0.2) is 35.4 Å². The van der Waals surface area contributed by atoms with E-state index in [2.05, 4.69) is 5.32 Å². The van der Waals surface area contributed by atoms with Gasteiger partial charge >= 0.3 is 5.97 Å². The predicted molar refractivity (Wildman–Crippen MR) is 124 cm³/mol. The lowest BCUT2D eigenvalue weighted by Gasteiger charge is -2.22. The lowest BCUT2D eigenvalue weighted by atomic mass is 9.95. The van der Waals surface area contributed by atoms with Gasteiger partial charge in [-0.1, -0.05) is 51.1 Å². The van der Waals surface area contributed by atoms with Crippen molar-refractivity contribution in [2.75, 3.05) is 11.5 Å². The van der Waals surface area contributed by atoms with E-state index in [1.54, 1.807) is 32.6 Å². The lowest BCUT2D eigenvalue weighted by molar-refractivity contribution is -0.151. The molecule has 0 saturated heterocycles. The van der Waals surface area contributed by atoms with Crippen LogP contribution in [0.15, 0.2) is 30.3 Å². The van der Waals surface area contributed by atoms with E-state index in [0.29, 0.717) is 11.7 Å². The zero-order valence-corrected chi connectivity index (χ0v) is 20.0. The molecule has 1 unspecified atom stereocenters. The standard InChI is InChI=1S/C24H31N3O4S/c1-16(25-22(30)24(2,3)4)21(29)31-15-20(28)27(14-17-10-6-5-7-11-17)23-26-18-12-8-9-13-19(18)32-23/h5-7,10-11,16H,8-9,12-15H2,1-4H3,(H,25,30). The minimum Gasteiger partial charge on any atom is -0.454 e. The summed E-state index contributed by atoms with van der Waals surface area (Å²) in [4.78, 5) is 45.1. The third-order valence-corrected chi connectivity index (χ3v) is 6.45. The lowest BCUT2D eigenvalue weighted by Crippen LogP contribution is -2.45. The van der Waals surface area contributed by atoms with Crippen LogP contribution in [0.25, 0.3) is 0 Å². The Hall–Kier alpha value is -2.74. The molecule has 0 fully saturated rings. The summed E-state index contributed by atoms with van der Waals surface area (Å²) < 4.78 is 5.25. The van der Waals surface area contributed by atoms with Gasteiger partial charge in [0, 0.05) is 10.3 Å². The van der Waals surface area contributed by atoms with Crippen LogP contribution in [0.4, 0.5) is 5.13 Å². The van der Waals surface area contributed by atoms with E-state index < -0.39 is 24.0 Å². The monoisotopic (exact) mass is 457 g/mol. The smallest absolute Gasteiger partial charge is 0.328 e. The molecule has 0 aliphatic heterocycles. The summed E-state index contributed by atoms with van der Waals surface area (Å²) in [6, 6.07) is 8.82.